The maximum atomic E-state index is 12.8. The Hall–Kier alpha value is -1.82. The number of nitrogen functional groups attached to an aromatic ring is 1. The summed E-state index contributed by atoms with van der Waals surface area (Å²) in [6.07, 6.45) is 4.37. The second kappa shape index (κ2) is 7.30. The van der Waals surface area contributed by atoms with Gasteiger partial charge in [0, 0.05) is 26.8 Å². The molecule has 0 saturated heterocycles. The van der Waals surface area contributed by atoms with Crippen LogP contribution in [0.2, 0.25) is 10.0 Å². The highest BCUT2D eigenvalue weighted by molar-refractivity contribution is 7.21. The molecular formula is C20H19Cl2N3OS. The number of anilines is 2. The number of nitrogens with zero attached hydrogens (tertiary/aromatic N) is 1. The van der Waals surface area contributed by atoms with E-state index in [2.05, 4.69) is 18.3 Å². The molecule has 3 N–H and O–H groups in total. The van der Waals surface area contributed by atoms with E-state index >= 15 is 0 Å². The van der Waals surface area contributed by atoms with Gasteiger partial charge in [-0.15, -0.1) is 11.3 Å². The SMILES string of the molecule is CC[C@@H]1CCc2nc3sc(C(=O)Nc4cc(Cl)cc(Cl)c4)c(N)c3cc2C1. The zero-order valence-corrected chi connectivity index (χ0v) is 17.1. The Morgan fingerprint density at radius 3 is 2.74 bits per heavy atom. The van der Waals surface area contributed by atoms with Crippen molar-refractivity contribution in [1.82, 2.24) is 4.98 Å². The lowest BCUT2D eigenvalue weighted by Crippen LogP contribution is -2.14. The fourth-order valence-electron chi connectivity index (χ4n) is 3.60. The summed E-state index contributed by atoms with van der Waals surface area (Å²) in [6.45, 7) is 2.23. The van der Waals surface area contributed by atoms with Crippen LogP contribution in [0.5, 0.6) is 0 Å². The van der Waals surface area contributed by atoms with Crippen molar-refractivity contribution in [1.29, 1.82) is 0 Å². The molecule has 0 aliphatic heterocycles. The van der Waals surface area contributed by atoms with Gasteiger partial charge in [0.1, 0.15) is 9.71 Å². The summed E-state index contributed by atoms with van der Waals surface area (Å²) in [5.74, 6) is 0.421. The van der Waals surface area contributed by atoms with E-state index in [1.54, 1.807) is 18.2 Å². The van der Waals surface area contributed by atoms with E-state index in [1.165, 1.54) is 29.7 Å². The number of rotatable bonds is 3. The van der Waals surface area contributed by atoms with Crippen LogP contribution in [0.3, 0.4) is 0 Å². The van der Waals surface area contributed by atoms with Crippen molar-refractivity contribution in [3.05, 3.63) is 50.4 Å². The molecule has 2 heterocycles. The fourth-order valence-corrected chi connectivity index (χ4v) is 5.11. The first-order valence-electron chi connectivity index (χ1n) is 8.92. The number of amides is 1. The number of benzene rings is 1. The Morgan fingerprint density at radius 2 is 2.04 bits per heavy atom. The summed E-state index contributed by atoms with van der Waals surface area (Å²) >= 11 is 13.3. The smallest absolute Gasteiger partial charge is 0.267 e. The van der Waals surface area contributed by atoms with Crippen LogP contribution < -0.4 is 11.1 Å². The average Bonchev–Trinajstić information content (AvgIpc) is 2.94. The van der Waals surface area contributed by atoms with Crippen molar-refractivity contribution >= 4 is 62.0 Å². The molecule has 0 saturated carbocycles. The number of hydrogen-bond donors (Lipinski definition) is 2. The summed E-state index contributed by atoms with van der Waals surface area (Å²) < 4.78 is 0. The third kappa shape index (κ3) is 3.64. The molecule has 0 spiro atoms. The highest BCUT2D eigenvalue weighted by Crippen LogP contribution is 2.37. The highest BCUT2D eigenvalue weighted by Gasteiger charge is 2.23. The number of fused-ring (bicyclic) bond motifs is 2. The summed E-state index contributed by atoms with van der Waals surface area (Å²) in [5.41, 5.74) is 9.73. The second-order valence-electron chi connectivity index (χ2n) is 6.92. The lowest BCUT2D eigenvalue weighted by Gasteiger charge is -2.22. The number of nitrogens with two attached hydrogens (primary N) is 1. The molecule has 7 heteroatoms. The zero-order valence-electron chi connectivity index (χ0n) is 14.8. The number of nitrogens with one attached hydrogen (secondary N) is 1. The summed E-state index contributed by atoms with van der Waals surface area (Å²) in [5, 5.41) is 4.61. The molecular weight excluding hydrogens is 401 g/mol. The van der Waals surface area contributed by atoms with Gasteiger partial charge in [0.15, 0.2) is 0 Å². The number of aryl methyl sites for hydroxylation is 1. The third-order valence-electron chi connectivity index (χ3n) is 5.09. The van der Waals surface area contributed by atoms with Crippen molar-refractivity contribution in [2.24, 2.45) is 5.92 Å². The van der Waals surface area contributed by atoms with E-state index in [4.69, 9.17) is 33.9 Å². The monoisotopic (exact) mass is 419 g/mol. The third-order valence-corrected chi connectivity index (χ3v) is 6.64. The van der Waals surface area contributed by atoms with E-state index in [0.717, 1.165) is 28.8 Å². The topological polar surface area (TPSA) is 68.0 Å². The fraction of sp³-hybridized carbons (Fsp3) is 0.300. The first-order chi connectivity index (χ1) is 12.9. The molecule has 0 radical (unpaired) electrons. The minimum Gasteiger partial charge on any atom is -0.397 e. The first kappa shape index (κ1) is 18.5. The van der Waals surface area contributed by atoms with Gasteiger partial charge >= 0.3 is 0 Å². The number of carbonyl (C=O) groups excluding carboxylic acids is 1. The molecule has 1 aromatic carbocycles. The van der Waals surface area contributed by atoms with E-state index in [-0.39, 0.29) is 5.91 Å². The summed E-state index contributed by atoms with van der Waals surface area (Å²) in [4.78, 5) is 18.8. The Balaban J connectivity index is 1.68. The molecule has 4 nitrogen and oxygen atoms in total. The summed E-state index contributed by atoms with van der Waals surface area (Å²) in [7, 11) is 0. The number of pyridine rings is 1. The van der Waals surface area contributed by atoms with Gasteiger partial charge in [-0.25, -0.2) is 4.98 Å². The van der Waals surface area contributed by atoms with E-state index < -0.39 is 0 Å². The largest absolute Gasteiger partial charge is 0.397 e. The van der Waals surface area contributed by atoms with Crippen LogP contribution >= 0.6 is 34.5 Å². The van der Waals surface area contributed by atoms with Gasteiger partial charge in [-0.1, -0.05) is 36.5 Å². The maximum Gasteiger partial charge on any atom is 0.267 e. The van der Waals surface area contributed by atoms with Gasteiger partial charge in [-0.3, -0.25) is 4.79 Å². The molecule has 4 rings (SSSR count). The molecule has 0 unspecified atom stereocenters. The number of aromatic nitrogens is 1. The van der Waals surface area contributed by atoms with Crippen molar-refractivity contribution < 1.29 is 4.79 Å². The molecule has 3 aromatic rings. The van der Waals surface area contributed by atoms with Crippen LogP contribution in [-0.2, 0) is 12.8 Å². The predicted octanol–water partition coefficient (Wildman–Crippen LogP) is 5.95. The van der Waals surface area contributed by atoms with Gasteiger partial charge in [0.2, 0.25) is 0 Å². The van der Waals surface area contributed by atoms with E-state index in [1.807, 2.05) is 0 Å². The molecule has 1 aliphatic carbocycles. The average molecular weight is 420 g/mol. The van der Waals surface area contributed by atoms with Crippen LogP contribution in [0, 0.1) is 5.92 Å². The molecule has 0 fully saturated rings. The number of halogens is 2. The van der Waals surface area contributed by atoms with Crippen LogP contribution in [0.15, 0.2) is 24.3 Å². The zero-order chi connectivity index (χ0) is 19.1. The molecule has 1 atom stereocenters. The number of carbonyl (C=O) groups is 1. The van der Waals surface area contributed by atoms with Crippen molar-refractivity contribution in [2.75, 3.05) is 11.1 Å². The van der Waals surface area contributed by atoms with Crippen LogP contribution in [0.25, 0.3) is 10.2 Å². The van der Waals surface area contributed by atoms with Crippen molar-refractivity contribution in [3.63, 3.8) is 0 Å². The highest BCUT2D eigenvalue weighted by atomic mass is 35.5. The molecule has 1 amide bonds. The molecule has 1 aliphatic rings. The minimum absolute atomic E-state index is 0.279. The predicted molar refractivity (Wildman–Crippen MR) is 114 cm³/mol. The summed E-state index contributed by atoms with van der Waals surface area (Å²) in [6, 6.07) is 7.04. The van der Waals surface area contributed by atoms with Gasteiger partial charge in [-0.05, 0) is 55.0 Å². The maximum absolute atomic E-state index is 12.8. The lowest BCUT2D eigenvalue weighted by molar-refractivity contribution is 0.103. The quantitative estimate of drug-likeness (QED) is 0.550. The van der Waals surface area contributed by atoms with Crippen LogP contribution in [-0.4, -0.2) is 10.9 Å². The molecule has 0 bridgehead atoms. The van der Waals surface area contributed by atoms with Gasteiger partial charge in [-0.2, -0.15) is 0 Å². The number of thiophene rings is 1. The lowest BCUT2D eigenvalue weighted by atomic mass is 9.85. The Bertz CT molecular complexity index is 1030. The first-order valence-corrected chi connectivity index (χ1v) is 10.5. The molecule has 2 aromatic heterocycles. The molecule has 27 heavy (non-hydrogen) atoms. The Kier molecular flexibility index (Phi) is 5.01. The standard InChI is InChI=1S/C20H19Cl2N3OS/c1-2-10-3-4-16-11(5-10)6-15-17(23)18(27-20(15)25-16)19(26)24-14-8-12(21)7-13(22)9-14/h6-10H,2-5,23H2,1H3,(H,24,26)/t10-/m1/s1. The van der Waals surface area contributed by atoms with Crippen molar-refractivity contribution in [2.45, 2.75) is 32.6 Å². The van der Waals surface area contributed by atoms with Gasteiger partial charge in [0.05, 0.1) is 5.69 Å². The van der Waals surface area contributed by atoms with Crippen LogP contribution in [0.1, 0.15) is 40.7 Å². The van der Waals surface area contributed by atoms with Crippen molar-refractivity contribution in [3.8, 4) is 0 Å². The van der Waals surface area contributed by atoms with Gasteiger partial charge < -0.3 is 11.1 Å². The normalized spacial score (nSPS) is 16.3. The second-order valence-corrected chi connectivity index (χ2v) is 8.79. The Labute approximate surface area is 171 Å². The van der Waals surface area contributed by atoms with Crippen LogP contribution in [0.4, 0.5) is 11.4 Å². The van der Waals surface area contributed by atoms with E-state index in [9.17, 15) is 4.79 Å². The van der Waals surface area contributed by atoms with Gasteiger partial charge in [0.25, 0.3) is 5.91 Å². The van der Waals surface area contributed by atoms with E-state index in [0.29, 0.717) is 32.2 Å². The molecule has 140 valence electrons. The Morgan fingerprint density at radius 1 is 1.30 bits per heavy atom. The number of hydrogen-bond acceptors (Lipinski definition) is 4. The minimum atomic E-state index is -0.279.